The molecule has 5 heteroatoms. The third kappa shape index (κ3) is 3.27. The first-order chi connectivity index (χ1) is 7.33. The third-order valence-corrected chi connectivity index (χ3v) is 2.73. The number of hydrogen-bond acceptors (Lipinski definition) is 1. The molecule has 0 spiro atoms. The highest BCUT2D eigenvalue weighted by Gasteiger charge is 2.26. The minimum atomic E-state index is -2.99. The van der Waals surface area contributed by atoms with E-state index in [1.54, 1.807) is 38.1 Å². The Morgan fingerprint density at radius 1 is 1.31 bits per heavy atom. The number of halogens is 3. The summed E-state index contributed by atoms with van der Waals surface area (Å²) in [5.74, 6) is -1.26. The molecule has 16 heavy (non-hydrogen) atoms. The van der Waals surface area contributed by atoms with Crippen LogP contribution in [0.2, 0.25) is 0 Å². The number of alkyl halides is 2. The van der Waals surface area contributed by atoms with Crippen LogP contribution in [0.25, 0.3) is 0 Å². The van der Waals surface area contributed by atoms with Crippen molar-refractivity contribution in [3.05, 3.63) is 34.3 Å². The van der Waals surface area contributed by atoms with Gasteiger partial charge in [0.2, 0.25) is 0 Å². The van der Waals surface area contributed by atoms with E-state index in [4.69, 9.17) is 0 Å². The summed E-state index contributed by atoms with van der Waals surface area (Å²) >= 11 is 3.28. The maximum atomic E-state index is 12.1. The molecule has 1 aromatic carbocycles. The van der Waals surface area contributed by atoms with E-state index in [1.165, 1.54) is 0 Å². The van der Waals surface area contributed by atoms with Crippen molar-refractivity contribution in [3.8, 4) is 0 Å². The number of carbonyl (C=O) groups excluding carboxylic acids is 1. The normalized spacial score (nSPS) is 11.6. The molecule has 1 rings (SSSR count). The molecule has 0 saturated carbocycles. The van der Waals surface area contributed by atoms with Gasteiger partial charge in [0.25, 0.3) is 5.91 Å². The topological polar surface area (TPSA) is 29.1 Å². The third-order valence-electron chi connectivity index (χ3n) is 2.20. The molecule has 88 valence electrons. The largest absolute Gasteiger partial charge is 0.342 e. The Labute approximate surface area is 101 Å². The SMILES string of the molecule is CC(C)(NC(=O)C(F)F)c1ccc(Br)cc1. The molecule has 0 aromatic heterocycles. The van der Waals surface area contributed by atoms with Gasteiger partial charge >= 0.3 is 6.43 Å². The predicted molar refractivity (Wildman–Crippen MR) is 61.3 cm³/mol. The maximum Gasteiger partial charge on any atom is 0.315 e. The average Bonchev–Trinajstić information content (AvgIpc) is 2.17. The summed E-state index contributed by atoms with van der Waals surface area (Å²) in [6.45, 7) is 3.35. The predicted octanol–water partition coefficient (Wildman–Crippen LogP) is 3.07. The Balaban J connectivity index is 2.85. The Kier molecular flexibility index (Phi) is 4.02. The quantitative estimate of drug-likeness (QED) is 0.911. The van der Waals surface area contributed by atoms with E-state index < -0.39 is 17.9 Å². The smallest absolute Gasteiger partial charge is 0.315 e. The van der Waals surface area contributed by atoms with Crippen molar-refractivity contribution in [2.75, 3.05) is 0 Å². The van der Waals surface area contributed by atoms with Gasteiger partial charge in [0.1, 0.15) is 0 Å². The first-order valence-electron chi connectivity index (χ1n) is 4.69. The Hall–Kier alpha value is -0.970. The van der Waals surface area contributed by atoms with Gasteiger partial charge in [-0.1, -0.05) is 28.1 Å². The van der Waals surface area contributed by atoms with Crippen LogP contribution >= 0.6 is 15.9 Å². The molecule has 0 aliphatic carbocycles. The monoisotopic (exact) mass is 291 g/mol. The fraction of sp³-hybridized carbons (Fsp3) is 0.364. The van der Waals surface area contributed by atoms with E-state index >= 15 is 0 Å². The van der Waals surface area contributed by atoms with Crippen LogP contribution in [0.1, 0.15) is 19.4 Å². The van der Waals surface area contributed by atoms with Crippen LogP contribution in [0.15, 0.2) is 28.7 Å². The molecule has 1 N–H and O–H groups in total. The lowest BCUT2D eigenvalue weighted by Crippen LogP contribution is -2.43. The van der Waals surface area contributed by atoms with Gasteiger partial charge in [-0.2, -0.15) is 8.78 Å². The van der Waals surface area contributed by atoms with Crippen LogP contribution in [0.3, 0.4) is 0 Å². The summed E-state index contributed by atoms with van der Waals surface area (Å²) < 4.78 is 25.1. The molecule has 0 unspecified atom stereocenters. The number of benzene rings is 1. The molecule has 0 aliphatic heterocycles. The molecule has 2 nitrogen and oxygen atoms in total. The van der Waals surface area contributed by atoms with E-state index in [0.29, 0.717) is 0 Å². The first-order valence-corrected chi connectivity index (χ1v) is 5.48. The van der Waals surface area contributed by atoms with Crippen LogP contribution in [0.4, 0.5) is 8.78 Å². The lowest BCUT2D eigenvalue weighted by atomic mass is 9.94. The van der Waals surface area contributed by atoms with Crippen LogP contribution in [0, 0.1) is 0 Å². The molecule has 0 saturated heterocycles. The van der Waals surface area contributed by atoms with Crippen LogP contribution in [-0.2, 0) is 10.3 Å². The summed E-state index contributed by atoms with van der Waals surface area (Å²) in [5, 5.41) is 2.29. The van der Waals surface area contributed by atoms with Gasteiger partial charge < -0.3 is 5.32 Å². The molecule has 0 radical (unpaired) electrons. The Morgan fingerprint density at radius 2 is 1.81 bits per heavy atom. The fourth-order valence-electron chi connectivity index (χ4n) is 1.30. The molecule has 0 heterocycles. The molecule has 0 atom stereocenters. The van der Waals surface area contributed by atoms with Crippen LogP contribution in [0.5, 0.6) is 0 Å². The van der Waals surface area contributed by atoms with E-state index in [2.05, 4.69) is 21.2 Å². The molecule has 0 fully saturated rings. The van der Waals surface area contributed by atoms with E-state index in [9.17, 15) is 13.6 Å². The van der Waals surface area contributed by atoms with Gasteiger partial charge in [-0.05, 0) is 31.5 Å². The number of carbonyl (C=O) groups is 1. The number of hydrogen-bond donors (Lipinski definition) is 1. The van der Waals surface area contributed by atoms with Crippen molar-refractivity contribution in [2.24, 2.45) is 0 Å². The summed E-state index contributed by atoms with van der Waals surface area (Å²) in [4.78, 5) is 10.9. The lowest BCUT2D eigenvalue weighted by molar-refractivity contribution is -0.133. The van der Waals surface area contributed by atoms with Gasteiger partial charge in [-0.15, -0.1) is 0 Å². The second-order valence-corrected chi connectivity index (χ2v) is 4.84. The lowest BCUT2D eigenvalue weighted by Gasteiger charge is -2.26. The van der Waals surface area contributed by atoms with Crippen molar-refractivity contribution in [2.45, 2.75) is 25.8 Å². The first kappa shape index (κ1) is 13.1. The highest BCUT2D eigenvalue weighted by molar-refractivity contribution is 9.10. The fourth-order valence-corrected chi connectivity index (χ4v) is 1.57. The number of nitrogens with one attached hydrogen (secondary N) is 1. The van der Waals surface area contributed by atoms with E-state index in [1.807, 2.05) is 0 Å². The minimum absolute atomic E-state index is 0.768. The minimum Gasteiger partial charge on any atom is -0.342 e. The Morgan fingerprint density at radius 3 is 2.25 bits per heavy atom. The van der Waals surface area contributed by atoms with Gasteiger partial charge in [0, 0.05) is 4.47 Å². The van der Waals surface area contributed by atoms with Crippen molar-refractivity contribution < 1.29 is 13.6 Å². The average molecular weight is 292 g/mol. The zero-order valence-electron chi connectivity index (χ0n) is 8.93. The van der Waals surface area contributed by atoms with Gasteiger partial charge in [0.05, 0.1) is 5.54 Å². The van der Waals surface area contributed by atoms with Crippen molar-refractivity contribution >= 4 is 21.8 Å². The summed E-state index contributed by atoms with van der Waals surface area (Å²) in [6, 6.07) is 7.14. The maximum absolute atomic E-state index is 12.1. The molecular formula is C11H12BrF2NO. The molecular weight excluding hydrogens is 280 g/mol. The molecule has 0 bridgehead atoms. The highest BCUT2D eigenvalue weighted by Crippen LogP contribution is 2.22. The van der Waals surface area contributed by atoms with Crippen molar-refractivity contribution in [1.29, 1.82) is 0 Å². The second-order valence-electron chi connectivity index (χ2n) is 3.92. The Bertz CT molecular complexity index is 376. The zero-order chi connectivity index (χ0) is 12.3. The van der Waals surface area contributed by atoms with Gasteiger partial charge in [0.15, 0.2) is 0 Å². The van der Waals surface area contributed by atoms with Gasteiger partial charge in [-0.3, -0.25) is 4.79 Å². The number of rotatable bonds is 3. The summed E-state index contributed by atoms with van der Waals surface area (Å²) in [5.41, 5.74) is -0.0431. The summed E-state index contributed by atoms with van der Waals surface area (Å²) in [6.07, 6.45) is -2.99. The molecule has 1 aromatic rings. The van der Waals surface area contributed by atoms with Gasteiger partial charge in [-0.25, -0.2) is 0 Å². The van der Waals surface area contributed by atoms with E-state index in [0.717, 1.165) is 10.0 Å². The van der Waals surface area contributed by atoms with Crippen LogP contribution < -0.4 is 5.32 Å². The summed E-state index contributed by atoms with van der Waals surface area (Å²) in [7, 11) is 0. The van der Waals surface area contributed by atoms with Crippen molar-refractivity contribution in [3.63, 3.8) is 0 Å². The van der Waals surface area contributed by atoms with E-state index in [-0.39, 0.29) is 0 Å². The van der Waals surface area contributed by atoms with Crippen LogP contribution in [-0.4, -0.2) is 12.3 Å². The molecule has 1 amide bonds. The number of amides is 1. The van der Waals surface area contributed by atoms with Crippen molar-refractivity contribution in [1.82, 2.24) is 5.32 Å². The highest BCUT2D eigenvalue weighted by atomic mass is 79.9. The molecule has 0 aliphatic rings. The second kappa shape index (κ2) is 4.91. The zero-order valence-corrected chi connectivity index (χ0v) is 10.5. The standard InChI is InChI=1S/C11H12BrF2NO/c1-11(2,15-10(16)9(13)14)7-3-5-8(12)6-4-7/h3-6,9H,1-2H3,(H,15,16).